The fraction of sp³-hybridized carbons (Fsp3) is 0.333. The molecule has 0 aliphatic rings. The molecule has 0 spiro atoms. The van der Waals surface area contributed by atoms with Crippen molar-refractivity contribution >= 4 is 49.3 Å². The Hall–Kier alpha value is -2.51. The van der Waals surface area contributed by atoms with Gasteiger partial charge in [0.2, 0.25) is 0 Å². The molecule has 0 aliphatic heterocycles. The van der Waals surface area contributed by atoms with E-state index in [-0.39, 0.29) is 41.0 Å². The number of rotatable bonds is 14. The lowest BCUT2D eigenvalue weighted by Gasteiger charge is -2.13. The van der Waals surface area contributed by atoms with Crippen molar-refractivity contribution in [3.63, 3.8) is 0 Å². The molecule has 2 aromatic carbocycles. The molecular formula is C18H23N3O11S3. The van der Waals surface area contributed by atoms with Crippen molar-refractivity contribution in [2.75, 3.05) is 37.8 Å². The molecule has 3 N–H and O–H groups in total. The Morgan fingerprint density at radius 1 is 1.00 bits per heavy atom. The number of azo groups is 1. The third-order valence-corrected chi connectivity index (χ3v) is 6.84. The fourth-order valence-electron chi connectivity index (χ4n) is 2.65. The molecule has 0 saturated carbocycles. The number of nitrogens with one attached hydrogen (secondary N) is 1. The summed E-state index contributed by atoms with van der Waals surface area (Å²) < 4.78 is 75.4. The summed E-state index contributed by atoms with van der Waals surface area (Å²) >= 11 is 0.257. The highest BCUT2D eigenvalue weighted by atomic mass is 32.2. The summed E-state index contributed by atoms with van der Waals surface area (Å²) in [6.45, 7) is 1.44. The Kier molecular flexibility index (Phi) is 10.7. The molecular weight excluding hydrogens is 530 g/mol. The smallest absolute Gasteiger partial charge is 0.283 e. The monoisotopic (exact) mass is 553 g/mol. The number of nitrogens with zero attached hydrogens (tertiary/aromatic N) is 2. The number of ether oxygens (including phenoxy) is 2. The lowest BCUT2D eigenvalue weighted by Crippen LogP contribution is -2.12. The first kappa shape index (κ1) is 28.7. The van der Waals surface area contributed by atoms with E-state index in [9.17, 15) is 16.8 Å². The van der Waals surface area contributed by atoms with Crippen molar-refractivity contribution in [1.29, 1.82) is 0 Å². The minimum atomic E-state index is -4.18. The topological polar surface area (TPSA) is 192 Å². The van der Waals surface area contributed by atoms with Gasteiger partial charge in [0.05, 0.1) is 32.3 Å². The van der Waals surface area contributed by atoms with E-state index in [1.807, 2.05) is 0 Å². The molecule has 0 radical (unpaired) electrons. The first-order chi connectivity index (χ1) is 16.5. The van der Waals surface area contributed by atoms with E-state index in [1.54, 1.807) is 25.1 Å². The molecule has 0 fully saturated rings. The summed E-state index contributed by atoms with van der Waals surface area (Å²) in [6, 6.07) is 7.35. The van der Waals surface area contributed by atoms with Gasteiger partial charge in [-0.2, -0.15) is 13.5 Å². The van der Waals surface area contributed by atoms with Crippen LogP contribution < -0.4 is 14.8 Å². The van der Waals surface area contributed by atoms with Crippen LogP contribution in [-0.4, -0.2) is 59.1 Å². The van der Waals surface area contributed by atoms with Crippen molar-refractivity contribution in [2.24, 2.45) is 10.2 Å². The maximum atomic E-state index is 12.7. The molecule has 17 heteroatoms. The molecule has 0 atom stereocenters. The molecule has 2 aromatic rings. The Morgan fingerprint density at radius 2 is 1.69 bits per heavy atom. The third kappa shape index (κ3) is 8.89. The van der Waals surface area contributed by atoms with E-state index in [1.165, 1.54) is 26.4 Å². The Morgan fingerprint density at radius 3 is 2.29 bits per heavy atom. The van der Waals surface area contributed by atoms with E-state index < -0.39 is 31.6 Å². The lowest BCUT2D eigenvalue weighted by molar-refractivity contribution is -0.434. The molecule has 2 rings (SSSR count). The maximum absolute atomic E-state index is 12.7. The minimum Gasteiger partial charge on any atom is -0.495 e. The number of sulfone groups is 1. The van der Waals surface area contributed by atoms with Crippen molar-refractivity contribution < 1.29 is 49.7 Å². The van der Waals surface area contributed by atoms with Crippen molar-refractivity contribution in [3.8, 4) is 11.5 Å². The van der Waals surface area contributed by atoms with Gasteiger partial charge in [-0.3, -0.25) is 8.74 Å². The van der Waals surface area contributed by atoms with Crippen LogP contribution in [0.5, 0.6) is 11.5 Å². The zero-order chi connectivity index (χ0) is 26.1. The van der Waals surface area contributed by atoms with Gasteiger partial charge in [-0.05, 0) is 30.7 Å². The summed E-state index contributed by atoms with van der Waals surface area (Å²) in [4.78, 5) is -0.158. The second-order valence-corrected chi connectivity index (χ2v) is 10.7. The summed E-state index contributed by atoms with van der Waals surface area (Å²) in [5, 5.41) is 22.2. The number of aryl methyl sites for hydroxylation is 1. The summed E-state index contributed by atoms with van der Waals surface area (Å²) in [7, 11) is -5.42. The zero-order valence-corrected chi connectivity index (χ0v) is 21.1. The van der Waals surface area contributed by atoms with Crippen LogP contribution in [0.3, 0.4) is 0 Å². The van der Waals surface area contributed by atoms with Gasteiger partial charge in [0.1, 0.15) is 28.0 Å². The number of hydrogen-bond donors (Lipinski definition) is 3. The minimum absolute atomic E-state index is 0.00354. The van der Waals surface area contributed by atoms with Crippen LogP contribution in [0.15, 0.2) is 45.5 Å². The number of methoxy groups -OCH3 is 2. The van der Waals surface area contributed by atoms with Gasteiger partial charge < -0.3 is 14.8 Å². The van der Waals surface area contributed by atoms with Gasteiger partial charge in [0.15, 0.2) is 22.2 Å². The number of anilines is 1. The molecule has 0 aromatic heterocycles. The largest absolute Gasteiger partial charge is 0.495 e. The van der Waals surface area contributed by atoms with Gasteiger partial charge >= 0.3 is 0 Å². The normalized spacial score (nSPS) is 12.1. The van der Waals surface area contributed by atoms with Gasteiger partial charge in [-0.25, -0.2) is 13.7 Å². The molecule has 0 bridgehead atoms. The van der Waals surface area contributed by atoms with Gasteiger partial charge in [0.25, 0.3) is 10.1 Å². The molecule has 0 amide bonds. The molecule has 0 saturated heterocycles. The third-order valence-electron chi connectivity index (χ3n) is 4.26. The first-order valence-corrected chi connectivity index (χ1v) is 13.4. The number of benzene rings is 2. The van der Waals surface area contributed by atoms with Crippen LogP contribution in [0.25, 0.3) is 0 Å². The fourth-order valence-corrected chi connectivity index (χ4v) is 4.58. The highest BCUT2D eigenvalue weighted by molar-refractivity contribution is 7.91. The van der Waals surface area contributed by atoms with Crippen molar-refractivity contribution in [2.45, 2.75) is 11.8 Å². The van der Waals surface area contributed by atoms with Crippen LogP contribution in [0.2, 0.25) is 0 Å². The predicted octanol–water partition coefficient (Wildman–Crippen LogP) is 3.46. The molecule has 0 aliphatic carbocycles. The highest BCUT2D eigenvalue weighted by Gasteiger charge is 2.23. The van der Waals surface area contributed by atoms with Crippen LogP contribution >= 0.6 is 12.3 Å². The van der Waals surface area contributed by atoms with Crippen molar-refractivity contribution in [3.05, 3.63) is 35.9 Å². The average Bonchev–Trinajstić information content (AvgIpc) is 2.80. The van der Waals surface area contributed by atoms with E-state index in [0.717, 1.165) is 0 Å². The van der Waals surface area contributed by atoms with Crippen LogP contribution in [-0.2, 0) is 33.5 Å². The Labute approximate surface area is 206 Å². The van der Waals surface area contributed by atoms with Gasteiger partial charge in [-0.1, -0.05) is 5.04 Å². The Bertz CT molecular complexity index is 1250. The van der Waals surface area contributed by atoms with Crippen molar-refractivity contribution in [1.82, 2.24) is 0 Å². The van der Waals surface area contributed by atoms with E-state index in [4.69, 9.17) is 23.5 Å². The average molecular weight is 554 g/mol. The van der Waals surface area contributed by atoms with E-state index >= 15 is 0 Å². The summed E-state index contributed by atoms with van der Waals surface area (Å²) in [5.41, 5.74) is 1.74. The second kappa shape index (κ2) is 13.0. The molecule has 0 unspecified atom stereocenters. The van der Waals surface area contributed by atoms with Crippen LogP contribution in [0, 0.1) is 6.92 Å². The molecule has 194 valence electrons. The predicted molar refractivity (Wildman–Crippen MR) is 125 cm³/mol. The second-order valence-electron chi connectivity index (χ2n) is 6.63. The Balaban J connectivity index is 2.27. The molecule has 14 nitrogen and oxygen atoms in total. The van der Waals surface area contributed by atoms with E-state index in [0.29, 0.717) is 16.9 Å². The summed E-state index contributed by atoms with van der Waals surface area (Å²) in [5.74, 6) is -0.963. The quantitative estimate of drug-likeness (QED) is 0.0770. The van der Waals surface area contributed by atoms with Gasteiger partial charge in [0, 0.05) is 17.8 Å². The maximum Gasteiger partial charge on any atom is 0.283 e. The van der Waals surface area contributed by atoms with Crippen LogP contribution in [0.4, 0.5) is 17.1 Å². The highest BCUT2D eigenvalue weighted by Crippen LogP contribution is 2.39. The first-order valence-electron chi connectivity index (χ1n) is 9.47. The van der Waals surface area contributed by atoms with Crippen LogP contribution in [0.1, 0.15) is 5.56 Å². The lowest BCUT2D eigenvalue weighted by atomic mass is 10.2. The standard InChI is InChI=1S/C18H23N3O11S3/c1-12-8-13(19-11-35(25,26)27)4-5-14(12)20-21-15-9-17(29-3)18(10-16(15)28-2)34(23,24)7-6-30-33-32-31-22/h4-5,8-10,19,22H,6-7,11H2,1-3H3,(H,25,26,27). The van der Waals surface area contributed by atoms with Gasteiger partial charge in [-0.15, -0.1) is 9.45 Å². The van der Waals surface area contributed by atoms with E-state index in [2.05, 4.69) is 24.9 Å². The molecule has 35 heavy (non-hydrogen) atoms. The molecule has 0 heterocycles. The SMILES string of the molecule is COc1cc(S(=O)(=O)CCOSOOO)c(OC)cc1N=Nc1ccc(NCS(=O)(=O)O)cc1C. The number of hydrogen-bond acceptors (Lipinski definition) is 14. The summed E-state index contributed by atoms with van der Waals surface area (Å²) in [6.07, 6.45) is 0. The zero-order valence-electron chi connectivity index (χ0n) is 18.7.